The zero-order chi connectivity index (χ0) is 25.0. The maximum Gasteiger partial charge on any atom is 0.573 e. The quantitative estimate of drug-likeness (QED) is 0.258. The third kappa shape index (κ3) is 6.54. The first kappa shape index (κ1) is 25.0. The fourth-order valence-electron chi connectivity index (χ4n) is 4.86. The second kappa shape index (κ2) is 10.7. The largest absolute Gasteiger partial charge is 0.573 e. The fourth-order valence-corrected chi connectivity index (χ4v) is 4.86. The summed E-state index contributed by atoms with van der Waals surface area (Å²) in [6, 6.07) is 11.6. The lowest BCUT2D eigenvalue weighted by Gasteiger charge is -2.29. The number of fused-ring (bicyclic) bond motifs is 1. The number of hydrogen-bond acceptors (Lipinski definition) is 1. The van der Waals surface area contributed by atoms with Crippen LogP contribution in [0.1, 0.15) is 74.5 Å². The highest BCUT2D eigenvalue weighted by Crippen LogP contribution is 2.38. The maximum atomic E-state index is 14.8. The second-order valence-electron chi connectivity index (χ2n) is 9.24. The smallest absolute Gasteiger partial charge is 0.406 e. The minimum Gasteiger partial charge on any atom is -0.406 e. The number of rotatable bonds is 5. The van der Waals surface area contributed by atoms with E-state index in [9.17, 15) is 22.0 Å². The van der Waals surface area contributed by atoms with E-state index < -0.39 is 18.0 Å². The summed E-state index contributed by atoms with van der Waals surface area (Å²) in [7, 11) is 0. The van der Waals surface area contributed by atoms with Gasteiger partial charge in [0.15, 0.2) is 0 Å². The molecule has 35 heavy (non-hydrogen) atoms. The second-order valence-corrected chi connectivity index (χ2v) is 9.24. The topological polar surface area (TPSA) is 9.23 Å². The number of alkyl halides is 3. The van der Waals surface area contributed by atoms with Gasteiger partial charge in [-0.25, -0.2) is 8.78 Å². The zero-order valence-electron chi connectivity index (χ0n) is 19.5. The van der Waals surface area contributed by atoms with E-state index in [1.165, 1.54) is 49.6 Å². The van der Waals surface area contributed by atoms with Crippen LogP contribution in [0.15, 0.2) is 48.5 Å². The minimum absolute atomic E-state index is 0.172. The highest BCUT2D eigenvalue weighted by molar-refractivity contribution is 5.85. The molecule has 0 spiro atoms. The SMILES string of the molecule is CCCCC1CCC(c2cc(F)c(C#Cc3ccc4cc(OC(F)(F)F)ccc4c3)c(F)c2)CC1. The van der Waals surface area contributed by atoms with Crippen LogP contribution in [0.3, 0.4) is 0 Å². The van der Waals surface area contributed by atoms with Gasteiger partial charge in [-0.1, -0.05) is 50.2 Å². The van der Waals surface area contributed by atoms with Crippen LogP contribution in [0.5, 0.6) is 5.75 Å². The monoisotopic (exact) mass is 486 g/mol. The van der Waals surface area contributed by atoms with Gasteiger partial charge in [-0.2, -0.15) is 0 Å². The molecule has 0 radical (unpaired) electrons. The van der Waals surface area contributed by atoms with E-state index in [-0.39, 0.29) is 17.2 Å². The molecule has 0 N–H and O–H groups in total. The summed E-state index contributed by atoms with van der Waals surface area (Å²) in [5.41, 5.74) is 0.914. The summed E-state index contributed by atoms with van der Waals surface area (Å²) in [4.78, 5) is 0. The maximum absolute atomic E-state index is 14.8. The Kier molecular flexibility index (Phi) is 7.64. The van der Waals surface area contributed by atoms with Crippen LogP contribution in [0.4, 0.5) is 22.0 Å². The molecule has 0 aromatic heterocycles. The molecule has 3 aromatic rings. The predicted octanol–water partition coefficient (Wildman–Crippen LogP) is 8.88. The molecule has 1 nitrogen and oxygen atoms in total. The zero-order valence-corrected chi connectivity index (χ0v) is 19.5. The van der Waals surface area contributed by atoms with Crippen molar-refractivity contribution < 1.29 is 26.7 Å². The summed E-state index contributed by atoms with van der Waals surface area (Å²) >= 11 is 0. The molecule has 1 aliphatic carbocycles. The molecular formula is C29H27F5O. The average molecular weight is 487 g/mol. The minimum atomic E-state index is -4.77. The van der Waals surface area contributed by atoms with Crippen molar-refractivity contribution in [2.24, 2.45) is 5.92 Å². The van der Waals surface area contributed by atoms with E-state index in [4.69, 9.17) is 0 Å². The Morgan fingerprint density at radius 3 is 2.17 bits per heavy atom. The van der Waals surface area contributed by atoms with Crippen LogP contribution >= 0.6 is 0 Å². The summed E-state index contributed by atoms with van der Waals surface area (Å²) in [6.07, 6.45) is 2.99. The highest BCUT2D eigenvalue weighted by Gasteiger charge is 2.31. The lowest BCUT2D eigenvalue weighted by molar-refractivity contribution is -0.274. The molecule has 0 unspecified atom stereocenters. The van der Waals surface area contributed by atoms with Crippen molar-refractivity contribution in [3.63, 3.8) is 0 Å². The van der Waals surface area contributed by atoms with E-state index in [1.54, 1.807) is 18.2 Å². The molecule has 3 aromatic carbocycles. The lowest BCUT2D eigenvalue weighted by Crippen LogP contribution is -2.16. The summed E-state index contributed by atoms with van der Waals surface area (Å²) in [5, 5.41) is 1.17. The Morgan fingerprint density at radius 1 is 0.857 bits per heavy atom. The molecule has 1 aliphatic rings. The van der Waals surface area contributed by atoms with Gasteiger partial charge in [0.1, 0.15) is 17.4 Å². The Morgan fingerprint density at radius 2 is 1.51 bits per heavy atom. The van der Waals surface area contributed by atoms with Gasteiger partial charge >= 0.3 is 6.36 Å². The molecule has 0 aliphatic heterocycles. The molecule has 0 heterocycles. The summed E-state index contributed by atoms with van der Waals surface area (Å²) in [6.45, 7) is 2.19. The molecule has 0 bridgehead atoms. The third-order valence-electron chi connectivity index (χ3n) is 6.73. The molecule has 1 saturated carbocycles. The highest BCUT2D eigenvalue weighted by atomic mass is 19.4. The van der Waals surface area contributed by atoms with Crippen molar-refractivity contribution in [2.75, 3.05) is 0 Å². The molecule has 0 amide bonds. The Labute approximate surface area is 202 Å². The first-order chi connectivity index (χ1) is 16.7. The van der Waals surface area contributed by atoms with Gasteiger partial charge < -0.3 is 4.74 Å². The molecule has 6 heteroatoms. The van der Waals surface area contributed by atoms with Crippen molar-refractivity contribution in [3.8, 4) is 17.6 Å². The van der Waals surface area contributed by atoms with Gasteiger partial charge in [0.25, 0.3) is 0 Å². The molecule has 4 rings (SSSR count). The number of ether oxygens (including phenoxy) is 1. The van der Waals surface area contributed by atoms with Gasteiger partial charge in [-0.15, -0.1) is 13.2 Å². The van der Waals surface area contributed by atoms with Crippen LogP contribution in [0.2, 0.25) is 0 Å². The Bertz CT molecular complexity index is 1220. The number of benzene rings is 3. The average Bonchev–Trinajstić information content (AvgIpc) is 2.81. The van der Waals surface area contributed by atoms with Crippen molar-refractivity contribution in [1.29, 1.82) is 0 Å². The van der Waals surface area contributed by atoms with E-state index >= 15 is 0 Å². The third-order valence-corrected chi connectivity index (χ3v) is 6.73. The summed E-state index contributed by atoms with van der Waals surface area (Å²) in [5.74, 6) is 4.59. The standard InChI is InChI=1S/C29H27F5O/c1-2-3-4-19-5-9-21(10-6-19)24-17-27(30)26(28(31)18-24)14-8-20-7-11-23-16-25(35-29(32,33)34)13-12-22(23)15-20/h7,11-13,15-19,21H,2-6,9-10H2,1H3. The molecular weight excluding hydrogens is 459 g/mol. The molecule has 184 valence electrons. The van der Waals surface area contributed by atoms with Gasteiger partial charge in [-0.3, -0.25) is 0 Å². The molecule has 1 fully saturated rings. The molecule has 0 saturated heterocycles. The van der Waals surface area contributed by atoms with E-state index in [0.717, 1.165) is 31.6 Å². The lowest BCUT2D eigenvalue weighted by atomic mass is 9.77. The number of unbranched alkanes of at least 4 members (excludes halogenated alkanes) is 1. The van der Waals surface area contributed by atoms with Crippen molar-refractivity contribution in [2.45, 2.75) is 64.1 Å². The van der Waals surface area contributed by atoms with Crippen LogP contribution in [-0.2, 0) is 0 Å². The van der Waals surface area contributed by atoms with Gasteiger partial charge in [0.2, 0.25) is 0 Å². The van der Waals surface area contributed by atoms with Crippen LogP contribution in [0.25, 0.3) is 10.8 Å². The van der Waals surface area contributed by atoms with Crippen LogP contribution in [-0.4, -0.2) is 6.36 Å². The molecule has 0 atom stereocenters. The van der Waals surface area contributed by atoms with Crippen molar-refractivity contribution in [1.82, 2.24) is 0 Å². The Balaban J connectivity index is 1.48. The first-order valence-corrected chi connectivity index (χ1v) is 12.0. The van der Waals surface area contributed by atoms with Crippen LogP contribution in [0, 0.1) is 29.4 Å². The number of halogens is 5. The van der Waals surface area contributed by atoms with E-state index in [2.05, 4.69) is 23.5 Å². The van der Waals surface area contributed by atoms with E-state index in [1.807, 2.05) is 0 Å². The predicted molar refractivity (Wildman–Crippen MR) is 127 cm³/mol. The van der Waals surface area contributed by atoms with E-state index in [0.29, 0.717) is 21.9 Å². The van der Waals surface area contributed by atoms with Gasteiger partial charge in [0.05, 0.1) is 5.56 Å². The van der Waals surface area contributed by atoms with Gasteiger partial charge in [0, 0.05) is 5.56 Å². The van der Waals surface area contributed by atoms with Crippen LogP contribution < -0.4 is 4.74 Å². The van der Waals surface area contributed by atoms with Gasteiger partial charge in [-0.05, 0) is 90.3 Å². The van der Waals surface area contributed by atoms with Crippen molar-refractivity contribution >= 4 is 10.8 Å². The first-order valence-electron chi connectivity index (χ1n) is 12.0. The Hall–Kier alpha value is -3.07. The normalized spacial score (nSPS) is 18.2. The fraction of sp³-hybridized carbons (Fsp3) is 0.379. The summed E-state index contributed by atoms with van der Waals surface area (Å²) < 4.78 is 70.8. The number of hydrogen-bond donors (Lipinski definition) is 0. The van der Waals surface area contributed by atoms with Crippen molar-refractivity contribution in [3.05, 3.63) is 76.9 Å².